The molecule has 1 saturated carbocycles. The molecule has 1 heterocycles. The van der Waals surface area contributed by atoms with Crippen molar-refractivity contribution in [1.82, 2.24) is 4.90 Å². The third-order valence-electron chi connectivity index (χ3n) is 3.78. The molecule has 96 valence electrons. The molecular weight excluding hydrogens is 218 g/mol. The van der Waals surface area contributed by atoms with E-state index in [-0.39, 0.29) is 12.0 Å². The second-order valence-corrected chi connectivity index (χ2v) is 6.30. The van der Waals surface area contributed by atoms with E-state index in [1.807, 2.05) is 20.8 Å². The number of rotatable bonds is 2. The lowest BCUT2D eigenvalue weighted by molar-refractivity contribution is -0.109. The van der Waals surface area contributed by atoms with E-state index in [4.69, 9.17) is 4.74 Å². The first kappa shape index (κ1) is 12.4. The van der Waals surface area contributed by atoms with Crippen molar-refractivity contribution in [2.45, 2.75) is 33.3 Å². The van der Waals surface area contributed by atoms with E-state index >= 15 is 0 Å². The van der Waals surface area contributed by atoms with Gasteiger partial charge in [0.2, 0.25) is 0 Å². The van der Waals surface area contributed by atoms with E-state index in [2.05, 4.69) is 6.92 Å². The summed E-state index contributed by atoms with van der Waals surface area (Å²) in [5, 5.41) is 0. The first-order valence-electron chi connectivity index (χ1n) is 6.26. The molecular formula is C13H21NO3. The highest BCUT2D eigenvalue weighted by atomic mass is 16.6. The maximum absolute atomic E-state index is 11.7. The van der Waals surface area contributed by atoms with E-state index in [1.165, 1.54) is 0 Å². The average molecular weight is 239 g/mol. The topological polar surface area (TPSA) is 46.6 Å². The minimum absolute atomic E-state index is 0.223. The van der Waals surface area contributed by atoms with Crippen molar-refractivity contribution in [3.63, 3.8) is 0 Å². The van der Waals surface area contributed by atoms with Gasteiger partial charge in [0.25, 0.3) is 0 Å². The van der Waals surface area contributed by atoms with Gasteiger partial charge < -0.3 is 14.4 Å². The number of nitrogens with zero attached hydrogens (tertiary/aromatic N) is 1. The number of hydrogen-bond donors (Lipinski definition) is 0. The summed E-state index contributed by atoms with van der Waals surface area (Å²) < 4.78 is 5.29. The zero-order valence-corrected chi connectivity index (χ0v) is 11.0. The highest BCUT2D eigenvalue weighted by Gasteiger charge is 2.54. The molecule has 1 amide bonds. The SMILES string of the molecule is C[C@@H]1[C@H](C=O)[C@@H]1C1CN(C(=O)OC(C)(C)C)C1. The molecule has 3 atom stereocenters. The Morgan fingerprint density at radius 2 is 1.94 bits per heavy atom. The Morgan fingerprint density at radius 1 is 1.35 bits per heavy atom. The average Bonchev–Trinajstić information content (AvgIpc) is 2.70. The fraction of sp³-hybridized carbons (Fsp3) is 0.846. The van der Waals surface area contributed by atoms with Crippen LogP contribution in [0, 0.1) is 23.7 Å². The van der Waals surface area contributed by atoms with Crippen molar-refractivity contribution in [3.8, 4) is 0 Å². The molecule has 2 fully saturated rings. The maximum atomic E-state index is 11.7. The maximum Gasteiger partial charge on any atom is 0.410 e. The summed E-state index contributed by atoms with van der Waals surface area (Å²) in [7, 11) is 0. The molecule has 0 spiro atoms. The summed E-state index contributed by atoms with van der Waals surface area (Å²) in [5.74, 6) is 1.71. The summed E-state index contributed by atoms with van der Waals surface area (Å²) in [6.07, 6.45) is 0.829. The lowest BCUT2D eigenvalue weighted by atomic mass is 9.93. The zero-order valence-electron chi connectivity index (χ0n) is 11.0. The van der Waals surface area contributed by atoms with Crippen molar-refractivity contribution in [1.29, 1.82) is 0 Å². The smallest absolute Gasteiger partial charge is 0.410 e. The second-order valence-electron chi connectivity index (χ2n) is 6.30. The fourth-order valence-electron chi connectivity index (χ4n) is 2.72. The van der Waals surface area contributed by atoms with Crippen molar-refractivity contribution in [3.05, 3.63) is 0 Å². The van der Waals surface area contributed by atoms with Crippen molar-refractivity contribution < 1.29 is 14.3 Å². The monoisotopic (exact) mass is 239 g/mol. The van der Waals surface area contributed by atoms with Crippen LogP contribution in [0.1, 0.15) is 27.7 Å². The van der Waals surface area contributed by atoms with E-state index in [0.29, 0.717) is 17.8 Å². The largest absolute Gasteiger partial charge is 0.444 e. The molecule has 2 aliphatic rings. The van der Waals surface area contributed by atoms with Crippen LogP contribution in [0.15, 0.2) is 0 Å². The number of carbonyl (C=O) groups excluding carboxylic acids is 2. The molecule has 4 heteroatoms. The van der Waals surface area contributed by atoms with E-state index < -0.39 is 5.60 Å². The van der Waals surface area contributed by atoms with Crippen molar-refractivity contribution in [2.75, 3.05) is 13.1 Å². The summed E-state index contributed by atoms with van der Waals surface area (Å²) >= 11 is 0. The first-order chi connectivity index (χ1) is 7.83. The molecule has 0 radical (unpaired) electrons. The van der Waals surface area contributed by atoms with Crippen LogP contribution >= 0.6 is 0 Å². The van der Waals surface area contributed by atoms with Gasteiger partial charge in [0, 0.05) is 19.0 Å². The number of aldehydes is 1. The van der Waals surface area contributed by atoms with E-state index in [1.54, 1.807) is 4.90 Å². The predicted octanol–water partition coefficient (Wildman–Crippen LogP) is 1.93. The molecule has 2 rings (SSSR count). The molecule has 0 unspecified atom stereocenters. The Hall–Kier alpha value is -1.06. The third-order valence-corrected chi connectivity index (χ3v) is 3.78. The normalized spacial score (nSPS) is 32.9. The highest BCUT2D eigenvalue weighted by molar-refractivity contribution is 5.69. The number of carbonyl (C=O) groups is 2. The molecule has 0 N–H and O–H groups in total. The molecule has 4 nitrogen and oxygen atoms in total. The van der Waals surface area contributed by atoms with Gasteiger partial charge in [-0.15, -0.1) is 0 Å². The van der Waals surface area contributed by atoms with Crippen LogP contribution in [0.3, 0.4) is 0 Å². The summed E-state index contributed by atoms with van der Waals surface area (Å²) in [4.78, 5) is 24.2. The molecule has 0 aromatic rings. The summed E-state index contributed by atoms with van der Waals surface area (Å²) in [5.41, 5.74) is -0.430. The van der Waals surface area contributed by atoms with Crippen LogP contribution < -0.4 is 0 Å². The summed E-state index contributed by atoms with van der Waals surface area (Å²) in [6.45, 7) is 9.21. The van der Waals surface area contributed by atoms with Crippen LogP contribution in [-0.4, -0.2) is 36.0 Å². The van der Waals surface area contributed by atoms with Gasteiger partial charge in [-0.05, 0) is 38.5 Å². The molecule has 1 saturated heterocycles. The Labute approximate surface area is 102 Å². The third kappa shape index (κ3) is 2.45. The van der Waals surface area contributed by atoms with Gasteiger partial charge in [-0.3, -0.25) is 0 Å². The van der Waals surface area contributed by atoms with Crippen molar-refractivity contribution in [2.24, 2.45) is 23.7 Å². The zero-order chi connectivity index (χ0) is 12.8. The number of likely N-dealkylation sites (tertiary alicyclic amines) is 1. The number of ether oxygens (including phenoxy) is 1. The standard InChI is InChI=1S/C13H21NO3/c1-8-10(7-15)11(8)9-5-14(6-9)12(16)17-13(2,3)4/h7-11H,5-6H2,1-4H3/t8-,10+,11+/m1/s1. The minimum Gasteiger partial charge on any atom is -0.444 e. The first-order valence-corrected chi connectivity index (χ1v) is 6.26. The second kappa shape index (κ2) is 4.00. The lowest BCUT2D eigenvalue weighted by Crippen LogP contribution is -2.52. The Bertz CT molecular complexity index is 328. The molecule has 1 aliphatic carbocycles. The minimum atomic E-state index is -0.430. The molecule has 0 aromatic heterocycles. The van der Waals surface area contributed by atoms with Gasteiger partial charge in [-0.1, -0.05) is 6.92 Å². The molecule has 0 aromatic carbocycles. The van der Waals surface area contributed by atoms with Crippen LogP contribution in [-0.2, 0) is 9.53 Å². The Morgan fingerprint density at radius 3 is 2.35 bits per heavy atom. The summed E-state index contributed by atoms with van der Waals surface area (Å²) in [6, 6.07) is 0. The van der Waals surface area contributed by atoms with E-state index in [9.17, 15) is 9.59 Å². The predicted molar refractivity (Wildman–Crippen MR) is 63.5 cm³/mol. The number of amides is 1. The van der Waals surface area contributed by atoms with Crippen LogP contribution in [0.2, 0.25) is 0 Å². The van der Waals surface area contributed by atoms with Crippen LogP contribution in [0.4, 0.5) is 4.79 Å². The van der Waals surface area contributed by atoms with Gasteiger partial charge in [0.1, 0.15) is 11.9 Å². The highest BCUT2D eigenvalue weighted by Crippen LogP contribution is 2.51. The van der Waals surface area contributed by atoms with Gasteiger partial charge in [0.15, 0.2) is 0 Å². The van der Waals surface area contributed by atoms with Crippen molar-refractivity contribution >= 4 is 12.4 Å². The number of hydrogen-bond acceptors (Lipinski definition) is 3. The van der Waals surface area contributed by atoms with Crippen LogP contribution in [0.5, 0.6) is 0 Å². The van der Waals surface area contributed by atoms with Crippen LogP contribution in [0.25, 0.3) is 0 Å². The molecule has 17 heavy (non-hydrogen) atoms. The Balaban J connectivity index is 1.76. The van der Waals surface area contributed by atoms with E-state index in [0.717, 1.165) is 19.4 Å². The molecule has 0 bridgehead atoms. The molecule has 1 aliphatic heterocycles. The fourth-order valence-corrected chi connectivity index (χ4v) is 2.72. The van der Waals surface area contributed by atoms with Gasteiger partial charge in [0.05, 0.1) is 0 Å². The van der Waals surface area contributed by atoms with Gasteiger partial charge in [-0.25, -0.2) is 4.79 Å². The van der Waals surface area contributed by atoms with Gasteiger partial charge in [-0.2, -0.15) is 0 Å². The lowest BCUT2D eigenvalue weighted by Gasteiger charge is -2.40. The quantitative estimate of drug-likeness (QED) is 0.692. The van der Waals surface area contributed by atoms with Gasteiger partial charge >= 0.3 is 6.09 Å². The Kier molecular flexibility index (Phi) is 2.92.